The van der Waals surface area contributed by atoms with Gasteiger partial charge in [0.15, 0.2) is 0 Å². The molecule has 28 heavy (non-hydrogen) atoms. The van der Waals surface area contributed by atoms with Gasteiger partial charge in [-0.15, -0.1) is 22.7 Å². The van der Waals surface area contributed by atoms with Crippen LogP contribution in [0.1, 0.15) is 21.4 Å². The molecule has 1 N–H and O–H groups in total. The molecule has 4 nitrogen and oxygen atoms in total. The number of benzene rings is 1. The van der Waals surface area contributed by atoms with Crippen LogP contribution in [0.15, 0.2) is 53.2 Å². The highest BCUT2D eigenvalue weighted by atomic mass is 32.1. The SMILES string of the molecule is O=C(CN1CCc2sccc2[C@@H]1c1cccs1)Nc1ccc(OC(F)F)cc1. The number of anilines is 1. The fourth-order valence-corrected chi connectivity index (χ4v) is 5.20. The molecule has 4 rings (SSSR count). The smallest absolute Gasteiger partial charge is 0.387 e. The normalized spacial score (nSPS) is 16.8. The van der Waals surface area contributed by atoms with Gasteiger partial charge in [-0.25, -0.2) is 0 Å². The summed E-state index contributed by atoms with van der Waals surface area (Å²) in [7, 11) is 0. The number of nitrogens with zero attached hydrogens (tertiary/aromatic N) is 1. The predicted molar refractivity (Wildman–Crippen MR) is 107 cm³/mol. The highest BCUT2D eigenvalue weighted by Gasteiger charge is 2.31. The summed E-state index contributed by atoms with van der Waals surface area (Å²) in [6.07, 6.45) is 0.932. The number of fused-ring (bicyclic) bond motifs is 1. The van der Waals surface area contributed by atoms with Crippen LogP contribution in [0.5, 0.6) is 5.75 Å². The van der Waals surface area contributed by atoms with Crippen molar-refractivity contribution in [1.29, 1.82) is 0 Å². The molecule has 1 aliphatic rings. The molecule has 1 amide bonds. The van der Waals surface area contributed by atoms with Crippen LogP contribution in [0.2, 0.25) is 0 Å². The number of carbonyl (C=O) groups is 1. The molecule has 146 valence electrons. The van der Waals surface area contributed by atoms with Gasteiger partial charge in [-0.1, -0.05) is 6.07 Å². The molecule has 1 atom stereocenters. The van der Waals surface area contributed by atoms with E-state index in [9.17, 15) is 13.6 Å². The Morgan fingerprint density at radius 1 is 1.18 bits per heavy atom. The van der Waals surface area contributed by atoms with Crippen molar-refractivity contribution < 1.29 is 18.3 Å². The number of ether oxygens (including phenoxy) is 1. The van der Waals surface area contributed by atoms with E-state index in [1.165, 1.54) is 27.5 Å². The van der Waals surface area contributed by atoms with E-state index in [4.69, 9.17) is 0 Å². The Balaban J connectivity index is 1.45. The Morgan fingerprint density at radius 3 is 2.71 bits per heavy atom. The lowest BCUT2D eigenvalue weighted by atomic mass is 9.98. The van der Waals surface area contributed by atoms with Gasteiger partial charge in [0.25, 0.3) is 0 Å². The number of rotatable bonds is 6. The summed E-state index contributed by atoms with van der Waals surface area (Å²) in [5, 5.41) is 7.00. The third-order valence-corrected chi connectivity index (χ3v) is 6.51. The van der Waals surface area contributed by atoms with Crippen LogP contribution in [0.25, 0.3) is 0 Å². The lowest BCUT2D eigenvalue weighted by molar-refractivity contribution is -0.117. The second-order valence-corrected chi connectivity index (χ2v) is 8.37. The number of thiophene rings is 2. The van der Waals surface area contributed by atoms with Gasteiger partial charge in [-0.05, 0) is 59.1 Å². The zero-order valence-electron chi connectivity index (χ0n) is 14.8. The van der Waals surface area contributed by atoms with Gasteiger partial charge < -0.3 is 10.1 Å². The molecule has 8 heteroatoms. The average Bonchev–Trinajstić information content (AvgIpc) is 3.34. The molecule has 0 fully saturated rings. The maximum Gasteiger partial charge on any atom is 0.387 e. The van der Waals surface area contributed by atoms with Gasteiger partial charge in [0.1, 0.15) is 5.75 Å². The van der Waals surface area contributed by atoms with Crippen LogP contribution < -0.4 is 10.1 Å². The average molecular weight is 421 g/mol. The predicted octanol–water partition coefficient (Wildman–Crippen LogP) is 5.00. The van der Waals surface area contributed by atoms with Gasteiger partial charge >= 0.3 is 6.61 Å². The van der Waals surface area contributed by atoms with Crippen molar-refractivity contribution in [2.45, 2.75) is 19.1 Å². The third-order valence-electron chi connectivity index (χ3n) is 4.59. The number of halogens is 2. The molecule has 0 radical (unpaired) electrons. The number of alkyl halides is 2. The molecular weight excluding hydrogens is 402 g/mol. The van der Waals surface area contributed by atoms with Gasteiger partial charge in [-0.3, -0.25) is 9.69 Å². The quantitative estimate of drug-likeness (QED) is 0.610. The van der Waals surface area contributed by atoms with Crippen LogP contribution in [-0.2, 0) is 11.2 Å². The minimum Gasteiger partial charge on any atom is -0.435 e. The second-order valence-electron chi connectivity index (χ2n) is 6.39. The van der Waals surface area contributed by atoms with E-state index < -0.39 is 6.61 Å². The third kappa shape index (κ3) is 4.24. The zero-order chi connectivity index (χ0) is 19.5. The fourth-order valence-electron chi connectivity index (χ4n) is 3.42. The number of hydrogen-bond donors (Lipinski definition) is 1. The molecule has 3 aromatic rings. The molecule has 0 saturated heterocycles. The highest BCUT2D eigenvalue weighted by Crippen LogP contribution is 2.39. The fraction of sp³-hybridized carbons (Fsp3) is 0.250. The summed E-state index contributed by atoms with van der Waals surface area (Å²) in [6, 6.07) is 12.3. The van der Waals surface area contributed by atoms with Crippen molar-refractivity contribution in [1.82, 2.24) is 4.90 Å². The van der Waals surface area contributed by atoms with E-state index in [1.54, 1.807) is 34.8 Å². The summed E-state index contributed by atoms with van der Waals surface area (Å²) >= 11 is 3.46. The standard InChI is InChI=1S/C20H18F2N2O2S2/c21-20(22)26-14-5-3-13(4-6-14)23-18(25)12-24-9-7-16-15(8-11-28-16)19(24)17-2-1-10-27-17/h1-6,8,10-11,19-20H,7,9,12H2,(H,23,25)/t19-/m1/s1. The first kappa shape index (κ1) is 19.0. The van der Waals surface area contributed by atoms with Crippen LogP contribution in [0, 0.1) is 0 Å². The Bertz CT molecular complexity index is 926. The Hall–Kier alpha value is -2.29. The van der Waals surface area contributed by atoms with Crippen molar-refractivity contribution in [3.05, 3.63) is 68.5 Å². The summed E-state index contributed by atoms with van der Waals surface area (Å²) in [5.74, 6) is -0.0745. The molecule has 0 aliphatic carbocycles. The van der Waals surface area contributed by atoms with Crippen molar-refractivity contribution >= 4 is 34.3 Å². The zero-order valence-corrected chi connectivity index (χ0v) is 16.4. The van der Waals surface area contributed by atoms with E-state index in [2.05, 4.69) is 37.8 Å². The highest BCUT2D eigenvalue weighted by molar-refractivity contribution is 7.10. The van der Waals surface area contributed by atoms with Crippen molar-refractivity contribution in [3.8, 4) is 5.75 Å². The summed E-state index contributed by atoms with van der Waals surface area (Å²) in [6.45, 7) is -1.80. The molecule has 0 saturated carbocycles. The lowest BCUT2D eigenvalue weighted by Gasteiger charge is -2.34. The minimum atomic E-state index is -2.87. The van der Waals surface area contributed by atoms with E-state index in [1.807, 2.05) is 6.07 Å². The first-order chi connectivity index (χ1) is 13.6. The first-order valence-corrected chi connectivity index (χ1v) is 10.5. The lowest BCUT2D eigenvalue weighted by Crippen LogP contribution is -2.40. The van der Waals surface area contributed by atoms with E-state index >= 15 is 0 Å². The second kappa shape index (κ2) is 8.38. The van der Waals surface area contributed by atoms with E-state index in [-0.39, 0.29) is 24.2 Å². The van der Waals surface area contributed by atoms with Gasteiger partial charge in [0.05, 0.1) is 12.6 Å². The summed E-state index contributed by atoms with van der Waals surface area (Å²) in [5.41, 5.74) is 1.83. The van der Waals surface area contributed by atoms with Crippen molar-refractivity contribution in [3.63, 3.8) is 0 Å². The van der Waals surface area contributed by atoms with Gasteiger partial charge in [0.2, 0.25) is 5.91 Å². The Labute approximate surface area is 169 Å². The number of hydrogen-bond acceptors (Lipinski definition) is 5. The van der Waals surface area contributed by atoms with Crippen LogP contribution >= 0.6 is 22.7 Å². The van der Waals surface area contributed by atoms with E-state index in [0.29, 0.717) is 5.69 Å². The van der Waals surface area contributed by atoms with Crippen LogP contribution in [0.4, 0.5) is 14.5 Å². The first-order valence-electron chi connectivity index (χ1n) is 8.78. The Kier molecular flexibility index (Phi) is 5.70. The number of nitrogens with one attached hydrogen (secondary N) is 1. The minimum absolute atomic E-state index is 0.0618. The van der Waals surface area contributed by atoms with Crippen molar-refractivity contribution in [2.75, 3.05) is 18.4 Å². The molecule has 1 aromatic carbocycles. The van der Waals surface area contributed by atoms with Gasteiger partial charge in [0, 0.05) is 22.0 Å². The van der Waals surface area contributed by atoms with Gasteiger partial charge in [-0.2, -0.15) is 8.78 Å². The number of amides is 1. The molecular formula is C20H18F2N2O2S2. The van der Waals surface area contributed by atoms with Crippen LogP contribution in [-0.4, -0.2) is 30.5 Å². The molecule has 0 spiro atoms. The molecule has 3 heterocycles. The molecule has 0 unspecified atom stereocenters. The molecule has 2 aromatic heterocycles. The topological polar surface area (TPSA) is 41.6 Å². The largest absolute Gasteiger partial charge is 0.435 e. The monoisotopic (exact) mass is 420 g/mol. The van der Waals surface area contributed by atoms with Crippen LogP contribution in [0.3, 0.4) is 0 Å². The summed E-state index contributed by atoms with van der Waals surface area (Å²) in [4.78, 5) is 17.4. The van der Waals surface area contributed by atoms with E-state index in [0.717, 1.165) is 13.0 Å². The maximum absolute atomic E-state index is 12.6. The summed E-state index contributed by atoms with van der Waals surface area (Å²) < 4.78 is 28.8. The maximum atomic E-state index is 12.6. The molecule has 0 bridgehead atoms. The number of carbonyl (C=O) groups excluding carboxylic acids is 1. The Morgan fingerprint density at radius 2 is 2.00 bits per heavy atom. The van der Waals surface area contributed by atoms with Crippen molar-refractivity contribution in [2.24, 2.45) is 0 Å². The molecule has 1 aliphatic heterocycles.